The summed E-state index contributed by atoms with van der Waals surface area (Å²) < 4.78 is 0. The van der Waals surface area contributed by atoms with Crippen LogP contribution in [0.2, 0.25) is 0 Å². The molecule has 1 unspecified atom stereocenters. The second kappa shape index (κ2) is 6.44. The van der Waals surface area contributed by atoms with Crippen molar-refractivity contribution < 1.29 is 9.59 Å². The van der Waals surface area contributed by atoms with Crippen LogP contribution < -0.4 is 0 Å². The Hall–Kier alpha value is -1.94. The van der Waals surface area contributed by atoms with Crippen LogP contribution in [0.15, 0.2) is 54.6 Å². The highest BCUT2D eigenvalue weighted by Crippen LogP contribution is 2.34. The van der Waals surface area contributed by atoms with Gasteiger partial charge in [0.25, 0.3) is 11.8 Å². The van der Waals surface area contributed by atoms with Crippen LogP contribution in [-0.4, -0.2) is 22.0 Å². The summed E-state index contributed by atoms with van der Waals surface area (Å²) in [5.41, 5.74) is 2.01. The van der Waals surface area contributed by atoms with E-state index >= 15 is 0 Å². The molecule has 0 bridgehead atoms. The van der Waals surface area contributed by atoms with Gasteiger partial charge in [-0.1, -0.05) is 58.4 Å². The first-order chi connectivity index (χ1) is 10.7. The molecule has 1 heterocycles. The van der Waals surface area contributed by atoms with E-state index in [0.29, 0.717) is 11.1 Å². The minimum atomic E-state index is -0.217. The van der Waals surface area contributed by atoms with Crippen LogP contribution in [0, 0.1) is 0 Å². The molecule has 112 valence electrons. The third-order valence-electron chi connectivity index (χ3n) is 3.93. The zero-order valence-electron chi connectivity index (χ0n) is 12.0. The smallest absolute Gasteiger partial charge is 0.262 e. The van der Waals surface area contributed by atoms with E-state index < -0.39 is 0 Å². The topological polar surface area (TPSA) is 37.4 Å². The maximum Gasteiger partial charge on any atom is 0.262 e. The molecule has 22 heavy (non-hydrogen) atoms. The summed E-state index contributed by atoms with van der Waals surface area (Å²) in [5.74, 6) is -0.381. The molecule has 0 aliphatic carbocycles. The van der Waals surface area contributed by atoms with Crippen molar-refractivity contribution in [3.63, 3.8) is 0 Å². The number of rotatable bonds is 5. The maximum atomic E-state index is 12.7. The van der Waals surface area contributed by atoms with E-state index in [4.69, 9.17) is 0 Å². The normalized spacial score (nSPS) is 15.0. The molecule has 4 heteroatoms. The number of alkyl halides is 1. The number of hydrogen-bond acceptors (Lipinski definition) is 2. The molecule has 0 aromatic heterocycles. The Balaban J connectivity index is 1.99. The Bertz CT molecular complexity index is 664. The number of carbonyl (C=O) groups is 2. The fourth-order valence-corrected chi connectivity index (χ4v) is 3.21. The van der Waals surface area contributed by atoms with E-state index in [9.17, 15) is 9.59 Å². The molecule has 1 aliphatic rings. The third-order valence-corrected chi connectivity index (χ3v) is 4.49. The molecule has 2 aromatic carbocycles. The zero-order valence-corrected chi connectivity index (χ0v) is 13.6. The molecule has 1 atom stereocenters. The number of fused-ring (bicyclic) bond motifs is 1. The average Bonchev–Trinajstić information content (AvgIpc) is 2.82. The maximum absolute atomic E-state index is 12.7. The fraction of sp³-hybridized carbons (Fsp3) is 0.222. The second-order valence-corrected chi connectivity index (χ2v) is 6.08. The van der Waals surface area contributed by atoms with Gasteiger partial charge in [0.1, 0.15) is 0 Å². The predicted octanol–water partition coefficient (Wildman–Crippen LogP) is 4.20. The van der Waals surface area contributed by atoms with Gasteiger partial charge in [-0.15, -0.1) is 0 Å². The minimum Gasteiger partial charge on any atom is -0.269 e. The van der Waals surface area contributed by atoms with Crippen LogP contribution >= 0.6 is 15.9 Å². The van der Waals surface area contributed by atoms with Gasteiger partial charge >= 0.3 is 0 Å². The lowest BCUT2D eigenvalue weighted by Gasteiger charge is -2.26. The zero-order chi connectivity index (χ0) is 15.5. The lowest BCUT2D eigenvalue weighted by atomic mass is 10.0. The standard InChI is InChI=1S/C18H16BrNO2/c19-12-6-11-16(13-7-2-1-3-8-13)20-17(21)14-9-4-5-10-15(14)18(20)22/h1-5,7-10,16H,6,11-12H2. The molecule has 2 aromatic rings. The summed E-state index contributed by atoms with van der Waals surface area (Å²) in [6.07, 6.45) is 1.65. The first kappa shape index (κ1) is 15.0. The highest BCUT2D eigenvalue weighted by Gasteiger charge is 2.39. The lowest BCUT2D eigenvalue weighted by Crippen LogP contribution is -2.34. The highest BCUT2D eigenvalue weighted by atomic mass is 79.9. The Labute approximate surface area is 138 Å². The third kappa shape index (κ3) is 2.59. The molecule has 3 nitrogen and oxygen atoms in total. The quantitative estimate of drug-likeness (QED) is 0.593. The molecular weight excluding hydrogens is 342 g/mol. The summed E-state index contributed by atoms with van der Waals surface area (Å²) in [6.45, 7) is 0. The number of benzene rings is 2. The van der Waals surface area contributed by atoms with Crippen LogP contribution in [0.3, 0.4) is 0 Å². The molecule has 3 rings (SSSR count). The van der Waals surface area contributed by atoms with Crippen molar-refractivity contribution in [1.29, 1.82) is 0 Å². The molecule has 0 saturated heterocycles. The molecule has 2 amide bonds. The van der Waals surface area contributed by atoms with E-state index in [1.54, 1.807) is 24.3 Å². The van der Waals surface area contributed by atoms with Crippen molar-refractivity contribution in [2.75, 3.05) is 5.33 Å². The molecule has 1 aliphatic heterocycles. The number of halogens is 1. The molecule has 0 saturated carbocycles. The monoisotopic (exact) mass is 357 g/mol. The summed E-state index contributed by atoms with van der Waals surface area (Å²) >= 11 is 3.43. The average molecular weight is 358 g/mol. The van der Waals surface area contributed by atoms with Crippen molar-refractivity contribution in [3.8, 4) is 0 Å². The van der Waals surface area contributed by atoms with Crippen LogP contribution in [0.5, 0.6) is 0 Å². The number of hydrogen-bond donors (Lipinski definition) is 0. The summed E-state index contributed by atoms with van der Waals surface area (Å²) in [4.78, 5) is 26.8. The highest BCUT2D eigenvalue weighted by molar-refractivity contribution is 9.09. The van der Waals surface area contributed by atoms with Gasteiger partial charge in [0.2, 0.25) is 0 Å². The van der Waals surface area contributed by atoms with Crippen LogP contribution in [0.4, 0.5) is 0 Å². The van der Waals surface area contributed by atoms with Gasteiger partial charge in [-0.25, -0.2) is 0 Å². The van der Waals surface area contributed by atoms with Crippen molar-refractivity contribution >= 4 is 27.7 Å². The van der Waals surface area contributed by atoms with Gasteiger partial charge in [-0.3, -0.25) is 14.5 Å². The number of amides is 2. The Morgan fingerprint density at radius 3 is 1.95 bits per heavy atom. The Kier molecular flexibility index (Phi) is 4.39. The molecular formula is C18H16BrNO2. The van der Waals surface area contributed by atoms with Gasteiger partial charge < -0.3 is 0 Å². The molecule has 0 radical (unpaired) electrons. The van der Waals surface area contributed by atoms with Gasteiger partial charge in [-0.05, 0) is 30.5 Å². The summed E-state index contributed by atoms with van der Waals surface area (Å²) in [7, 11) is 0. The van der Waals surface area contributed by atoms with Crippen LogP contribution in [0.25, 0.3) is 0 Å². The first-order valence-corrected chi connectivity index (χ1v) is 8.44. The number of carbonyl (C=O) groups excluding carboxylic acids is 2. The number of nitrogens with zero attached hydrogens (tertiary/aromatic N) is 1. The largest absolute Gasteiger partial charge is 0.269 e. The van der Waals surface area contributed by atoms with Gasteiger partial charge in [0.15, 0.2) is 0 Å². The minimum absolute atomic E-state index is 0.191. The first-order valence-electron chi connectivity index (χ1n) is 7.32. The van der Waals surface area contributed by atoms with Crippen LogP contribution in [0.1, 0.15) is 45.2 Å². The lowest BCUT2D eigenvalue weighted by molar-refractivity contribution is 0.0573. The Morgan fingerprint density at radius 1 is 0.864 bits per heavy atom. The SMILES string of the molecule is O=C1c2ccccc2C(=O)N1C(CCCBr)c1ccccc1. The van der Waals surface area contributed by atoms with Gasteiger partial charge in [-0.2, -0.15) is 0 Å². The van der Waals surface area contributed by atoms with Crippen molar-refractivity contribution in [2.24, 2.45) is 0 Å². The van der Waals surface area contributed by atoms with Crippen LogP contribution in [-0.2, 0) is 0 Å². The van der Waals surface area contributed by atoms with Crippen molar-refractivity contribution in [2.45, 2.75) is 18.9 Å². The summed E-state index contributed by atoms with van der Waals surface area (Å²) in [6, 6.07) is 16.6. The van der Waals surface area contributed by atoms with E-state index in [-0.39, 0.29) is 17.9 Å². The second-order valence-electron chi connectivity index (χ2n) is 5.28. The Morgan fingerprint density at radius 2 is 1.41 bits per heavy atom. The van der Waals surface area contributed by atoms with Crippen molar-refractivity contribution in [3.05, 3.63) is 71.3 Å². The fourth-order valence-electron chi connectivity index (χ4n) is 2.88. The van der Waals surface area contributed by atoms with Gasteiger partial charge in [0, 0.05) is 5.33 Å². The van der Waals surface area contributed by atoms with E-state index in [1.807, 2.05) is 30.3 Å². The molecule has 0 spiro atoms. The predicted molar refractivity (Wildman–Crippen MR) is 89.2 cm³/mol. The van der Waals surface area contributed by atoms with Gasteiger partial charge in [0.05, 0.1) is 17.2 Å². The summed E-state index contributed by atoms with van der Waals surface area (Å²) in [5, 5.41) is 0.847. The van der Waals surface area contributed by atoms with E-state index in [1.165, 1.54) is 4.90 Å². The van der Waals surface area contributed by atoms with E-state index in [2.05, 4.69) is 15.9 Å². The molecule has 0 fully saturated rings. The van der Waals surface area contributed by atoms with E-state index in [0.717, 1.165) is 23.7 Å². The molecule has 0 N–H and O–H groups in total. The van der Waals surface area contributed by atoms with Crippen molar-refractivity contribution in [1.82, 2.24) is 4.90 Å². The number of imide groups is 1.